The first kappa shape index (κ1) is 19.0. The number of carboxylic acid groups (broad SMARTS) is 1. The van der Waals surface area contributed by atoms with E-state index in [1.807, 2.05) is 0 Å². The monoisotopic (exact) mass is 340 g/mol. The molecule has 1 unspecified atom stereocenters. The molecule has 24 heavy (non-hydrogen) atoms. The zero-order valence-electron chi connectivity index (χ0n) is 13.1. The number of benzene rings is 1. The fraction of sp³-hybridized carbons (Fsp3) is 0.357. The highest BCUT2D eigenvalue weighted by molar-refractivity contribution is 6.08. The van der Waals surface area contributed by atoms with Gasteiger partial charge >= 0.3 is 12.1 Å². The highest BCUT2D eigenvalue weighted by atomic mass is 16.6. The molecule has 1 aromatic carbocycles. The van der Waals surface area contributed by atoms with Crippen LogP contribution in [0.5, 0.6) is 5.75 Å². The Kier molecular flexibility index (Phi) is 5.59. The molecule has 1 aromatic rings. The summed E-state index contributed by atoms with van der Waals surface area (Å²) < 4.78 is 4.94. The van der Waals surface area contributed by atoms with E-state index < -0.39 is 34.4 Å². The van der Waals surface area contributed by atoms with E-state index in [4.69, 9.17) is 9.84 Å². The smallest absolute Gasteiger partial charge is 0.415 e. The average molecular weight is 340 g/mol. The lowest BCUT2D eigenvalue weighted by Crippen LogP contribution is -2.54. The molecule has 0 radical (unpaired) electrons. The van der Waals surface area contributed by atoms with Gasteiger partial charge in [-0.3, -0.25) is 14.9 Å². The Morgan fingerprint density at radius 1 is 1.29 bits per heavy atom. The van der Waals surface area contributed by atoms with Crippen molar-refractivity contribution in [3.8, 4) is 5.75 Å². The Hall–Kier alpha value is -3.01. The standard InChI is InChI=1S/C14H16N2O8/c1-8(11(17)14(2,21)12(18)19)15(3)13(20)24-10-6-4-9(5-7-10)16(22)23/h4-8,21H,1-3H3,(H,18,19)/t8-,14?/m0/s1. The molecule has 1 amide bonds. The molecule has 2 atom stereocenters. The number of non-ortho nitro benzene ring substituents is 1. The predicted octanol–water partition coefficient (Wildman–Crippen LogP) is 0.819. The molecule has 0 saturated carbocycles. The topological polar surface area (TPSA) is 147 Å². The Bertz CT molecular complexity index is 668. The summed E-state index contributed by atoms with van der Waals surface area (Å²) in [5.74, 6) is -2.84. The van der Waals surface area contributed by atoms with Crippen molar-refractivity contribution in [2.75, 3.05) is 7.05 Å². The predicted molar refractivity (Wildman–Crippen MR) is 79.6 cm³/mol. The summed E-state index contributed by atoms with van der Waals surface area (Å²) in [6.45, 7) is 2.04. The van der Waals surface area contributed by atoms with Crippen molar-refractivity contribution < 1.29 is 34.3 Å². The number of nitro groups is 1. The third kappa shape index (κ3) is 4.04. The largest absolute Gasteiger partial charge is 0.479 e. The van der Waals surface area contributed by atoms with Crippen LogP contribution in [-0.2, 0) is 9.59 Å². The SMILES string of the molecule is C[C@@H](C(=O)C(C)(O)C(=O)O)N(C)C(=O)Oc1ccc([N+](=O)[O-])cc1. The second-order valence-corrected chi connectivity index (χ2v) is 5.15. The maximum absolute atomic E-state index is 12.0. The van der Waals surface area contributed by atoms with E-state index in [2.05, 4.69) is 0 Å². The van der Waals surface area contributed by atoms with E-state index in [0.717, 1.165) is 24.0 Å². The minimum absolute atomic E-state index is 0.00194. The number of hydrogen-bond donors (Lipinski definition) is 2. The van der Waals surface area contributed by atoms with E-state index in [1.165, 1.54) is 26.1 Å². The molecule has 1 rings (SSSR count). The second-order valence-electron chi connectivity index (χ2n) is 5.15. The number of carbonyl (C=O) groups excluding carboxylic acids is 2. The molecule has 0 aliphatic rings. The van der Waals surface area contributed by atoms with Gasteiger partial charge in [0.2, 0.25) is 5.60 Å². The number of aliphatic hydroxyl groups is 1. The summed E-state index contributed by atoms with van der Waals surface area (Å²) in [7, 11) is 1.19. The van der Waals surface area contributed by atoms with E-state index in [0.29, 0.717) is 0 Å². The number of amides is 1. The number of Topliss-reactive ketones (excluding diaryl/α,β-unsaturated/α-hetero) is 1. The second kappa shape index (κ2) is 7.04. The van der Waals surface area contributed by atoms with Gasteiger partial charge in [-0.1, -0.05) is 0 Å². The van der Waals surface area contributed by atoms with Crippen LogP contribution in [0.4, 0.5) is 10.5 Å². The van der Waals surface area contributed by atoms with Crippen molar-refractivity contribution in [3.63, 3.8) is 0 Å². The van der Waals surface area contributed by atoms with Crippen LogP contribution in [-0.4, -0.2) is 56.6 Å². The fourth-order valence-electron chi connectivity index (χ4n) is 1.65. The molecule has 0 heterocycles. The van der Waals surface area contributed by atoms with Crippen molar-refractivity contribution in [2.45, 2.75) is 25.5 Å². The summed E-state index contributed by atoms with van der Waals surface area (Å²) in [5, 5.41) is 29.0. The lowest BCUT2D eigenvalue weighted by Gasteiger charge is -2.27. The number of ether oxygens (including phenoxy) is 1. The molecular weight excluding hydrogens is 324 g/mol. The zero-order valence-corrected chi connectivity index (χ0v) is 13.1. The third-order valence-corrected chi connectivity index (χ3v) is 3.40. The number of carbonyl (C=O) groups is 3. The first-order valence-corrected chi connectivity index (χ1v) is 6.67. The van der Waals surface area contributed by atoms with E-state index in [9.17, 15) is 29.6 Å². The van der Waals surface area contributed by atoms with Gasteiger partial charge in [-0.05, 0) is 26.0 Å². The number of nitrogens with zero attached hydrogens (tertiary/aromatic N) is 2. The molecule has 2 N–H and O–H groups in total. The Labute approximate surface area is 136 Å². The first-order valence-electron chi connectivity index (χ1n) is 6.67. The minimum Gasteiger partial charge on any atom is -0.479 e. The van der Waals surface area contributed by atoms with Gasteiger partial charge in [-0.2, -0.15) is 0 Å². The van der Waals surface area contributed by atoms with Gasteiger partial charge in [-0.15, -0.1) is 0 Å². The minimum atomic E-state index is -2.65. The van der Waals surface area contributed by atoms with Crippen LogP contribution in [0.15, 0.2) is 24.3 Å². The Morgan fingerprint density at radius 3 is 2.21 bits per heavy atom. The number of ketones is 1. The van der Waals surface area contributed by atoms with Crippen molar-refractivity contribution in [2.24, 2.45) is 0 Å². The molecule has 0 aliphatic heterocycles. The molecule has 10 heteroatoms. The quantitative estimate of drug-likeness (QED) is 0.439. The van der Waals surface area contributed by atoms with Gasteiger partial charge in [0.25, 0.3) is 5.69 Å². The lowest BCUT2D eigenvalue weighted by molar-refractivity contribution is -0.384. The summed E-state index contributed by atoms with van der Waals surface area (Å²) in [6, 6.07) is 3.38. The number of hydrogen-bond acceptors (Lipinski definition) is 7. The van der Waals surface area contributed by atoms with Crippen LogP contribution >= 0.6 is 0 Å². The summed E-state index contributed by atoms with van der Waals surface area (Å²) in [6.07, 6.45) is -0.995. The number of aliphatic carboxylic acids is 1. The summed E-state index contributed by atoms with van der Waals surface area (Å²) in [4.78, 5) is 45.5. The van der Waals surface area contributed by atoms with Crippen LogP contribution in [0, 0.1) is 10.1 Å². The normalized spacial score (nSPS) is 14.2. The molecule has 10 nitrogen and oxygen atoms in total. The molecule has 0 aliphatic carbocycles. The molecule has 0 fully saturated rings. The average Bonchev–Trinajstić information content (AvgIpc) is 2.52. The van der Waals surface area contributed by atoms with Crippen LogP contribution in [0.3, 0.4) is 0 Å². The van der Waals surface area contributed by atoms with Gasteiger partial charge in [0.05, 0.1) is 11.0 Å². The van der Waals surface area contributed by atoms with E-state index in [-0.39, 0.29) is 11.4 Å². The maximum atomic E-state index is 12.0. The number of carboxylic acids is 1. The number of rotatable bonds is 6. The van der Waals surface area contributed by atoms with Crippen molar-refractivity contribution in [1.82, 2.24) is 4.90 Å². The highest BCUT2D eigenvalue weighted by Gasteiger charge is 2.43. The molecular formula is C14H16N2O8. The summed E-state index contributed by atoms with van der Waals surface area (Å²) >= 11 is 0. The van der Waals surface area contributed by atoms with Gasteiger partial charge in [-0.25, -0.2) is 9.59 Å². The highest BCUT2D eigenvalue weighted by Crippen LogP contribution is 2.19. The lowest BCUT2D eigenvalue weighted by atomic mass is 9.95. The number of nitro benzene ring substituents is 1. The fourth-order valence-corrected chi connectivity index (χ4v) is 1.65. The van der Waals surface area contributed by atoms with E-state index >= 15 is 0 Å². The molecule has 0 spiro atoms. The Balaban J connectivity index is 2.81. The van der Waals surface area contributed by atoms with Crippen LogP contribution in [0.1, 0.15) is 13.8 Å². The molecule has 0 aromatic heterocycles. The third-order valence-electron chi connectivity index (χ3n) is 3.40. The van der Waals surface area contributed by atoms with Gasteiger partial charge in [0.15, 0.2) is 5.78 Å². The first-order chi connectivity index (χ1) is 11.0. The summed E-state index contributed by atoms with van der Waals surface area (Å²) in [5.41, 5.74) is -2.84. The van der Waals surface area contributed by atoms with Gasteiger partial charge < -0.3 is 19.8 Å². The van der Waals surface area contributed by atoms with Gasteiger partial charge in [0.1, 0.15) is 5.75 Å². The van der Waals surface area contributed by atoms with Crippen molar-refractivity contribution in [3.05, 3.63) is 34.4 Å². The maximum Gasteiger partial charge on any atom is 0.415 e. The van der Waals surface area contributed by atoms with E-state index in [1.54, 1.807) is 0 Å². The van der Waals surface area contributed by atoms with Crippen LogP contribution in [0.25, 0.3) is 0 Å². The van der Waals surface area contributed by atoms with Crippen molar-refractivity contribution >= 4 is 23.5 Å². The zero-order chi connectivity index (χ0) is 18.7. The molecule has 0 saturated heterocycles. The van der Waals surface area contributed by atoms with Crippen LogP contribution in [0.2, 0.25) is 0 Å². The van der Waals surface area contributed by atoms with Gasteiger partial charge in [0, 0.05) is 19.2 Å². The Morgan fingerprint density at radius 2 is 1.79 bits per heavy atom. The molecule has 130 valence electrons. The van der Waals surface area contributed by atoms with Crippen molar-refractivity contribution in [1.29, 1.82) is 0 Å². The number of likely N-dealkylation sites (N-methyl/N-ethyl adjacent to an activating group) is 1. The molecule has 0 bridgehead atoms. The van der Waals surface area contributed by atoms with Crippen LogP contribution < -0.4 is 4.74 Å².